The molecule has 0 aliphatic carbocycles. The highest BCUT2D eigenvalue weighted by molar-refractivity contribution is 14.0. The van der Waals surface area contributed by atoms with E-state index in [2.05, 4.69) is 33.1 Å². The van der Waals surface area contributed by atoms with Gasteiger partial charge in [0, 0.05) is 37.6 Å². The Morgan fingerprint density at radius 3 is 2.44 bits per heavy atom. The minimum absolute atomic E-state index is 0. The van der Waals surface area contributed by atoms with Crippen LogP contribution in [-0.4, -0.2) is 39.8 Å². The summed E-state index contributed by atoms with van der Waals surface area (Å²) in [6, 6.07) is 15.9. The van der Waals surface area contributed by atoms with Gasteiger partial charge in [0.2, 0.25) is 0 Å². The average Bonchev–Trinajstić information content (AvgIpc) is 2.68. The standard InChI is InChI=1S/C20H28N4O2.HI/c1-4-26-18-12-11-17(15-19(18)25-3)24-20(21-2)23-14-8-13-22-16-9-6-5-7-10-16;/h5-7,9-12,15,22H,4,8,13-14H2,1-3H3,(H2,21,23,24);1H. The van der Waals surface area contributed by atoms with Crippen LogP contribution in [0.3, 0.4) is 0 Å². The van der Waals surface area contributed by atoms with E-state index in [4.69, 9.17) is 9.47 Å². The normalized spacial score (nSPS) is 10.6. The van der Waals surface area contributed by atoms with E-state index in [1.165, 1.54) is 0 Å². The van der Waals surface area contributed by atoms with Crippen molar-refractivity contribution in [1.29, 1.82) is 0 Å². The van der Waals surface area contributed by atoms with Crippen LogP contribution in [0.15, 0.2) is 53.5 Å². The number of methoxy groups -OCH3 is 1. The molecule has 0 fully saturated rings. The number of benzene rings is 2. The highest BCUT2D eigenvalue weighted by Gasteiger charge is 2.06. The van der Waals surface area contributed by atoms with Crippen LogP contribution in [0.2, 0.25) is 0 Å². The molecule has 0 spiro atoms. The molecule has 0 aliphatic rings. The van der Waals surface area contributed by atoms with E-state index in [-0.39, 0.29) is 24.0 Å². The number of nitrogens with zero attached hydrogens (tertiary/aromatic N) is 1. The van der Waals surface area contributed by atoms with E-state index >= 15 is 0 Å². The molecule has 0 radical (unpaired) electrons. The molecule has 2 aromatic rings. The van der Waals surface area contributed by atoms with E-state index in [0.717, 1.165) is 42.6 Å². The first kappa shape index (κ1) is 22.9. The van der Waals surface area contributed by atoms with Gasteiger partial charge in [-0.25, -0.2) is 0 Å². The molecule has 0 aromatic heterocycles. The SMILES string of the molecule is CCOc1ccc(NC(=NC)NCCCNc2ccccc2)cc1OC.I. The van der Waals surface area contributed by atoms with Crippen LogP contribution >= 0.6 is 24.0 Å². The Labute approximate surface area is 178 Å². The Balaban J connectivity index is 0.00000364. The van der Waals surface area contributed by atoms with Gasteiger partial charge in [0.25, 0.3) is 0 Å². The lowest BCUT2D eigenvalue weighted by Crippen LogP contribution is -2.32. The lowest BCUT2D eigenvalue weighted by molar-refractivity contribution is 0.311. The summed E-state index contributed by atoms with van der Waals surface area (Å²) in [5, 5.41) is 9.96. The third-order valence-corrected chi connectivity index (χ3v) is 3.70. The van der Waals surface area contributed by atoms with E-state index in [9.17, 15) is 0 Å². The molecule has 2 aromatic carbocycles. The molecule has 6 nitrogen and oxygen atoms in total. The highest BCUT2D eigenvalue weighted by Crippen LogP contribution is 2.30. The van der Waals surface area contributed by atoms with Crippen molar-refractivity contribution < 1.29 is 9.47 Å². The van der Waals surface area contributed by atoms with E-state index < -0.39 is 0 Å². The molecule has 0 unspecified atom stereocenters. The molecule has 0 aliphatic heterocycles. The third kappa shape index (κ3) is 7.94. The molecule has 148 valence electrons. The van der Waals surface area contributed by atoms with Crippen LogP contribution in [0.25, 0.3) is 0 Å². The quantitative estimate of drug-likeness (QED) is 0.216. The molecule has 0 atom stereocenters. The maximum atomic E-state index is 5.54. The van der Waals surface area contributed by atoms with Gasteiger partial charge >= 0.3 is 0 Å². The monoisotopic (exact) mass is 484 g/mol. The van der Waals surface area contributed by atoms with Crippen LogP contribution in [0, 0.1) is 0 Å². The number of guanidine groups is 1. The van der Waals surface area contributed by atoms with Gasteiger partial charge in [-0.2, -0.15) is 0 Å². The summed E-state index contributed by atoms with van der Waals surface area (Å²) < 4.78 is 10.9. The van der Waals surface area contributed by atoms with E-state index in [1.54, 1.807) is 14.2 Å². The number of ether oxygens (including phenoxy) is 2. The number of aliphatic imine (C=N–C) groups is 1. The summed E-state index contributed by atoms with van der Waals surface area (Å²) in [6.45, 7) is 4.26. The van der Waals surface area contributed by atoms with Gasteiger partial charge in [-0.15, -0.1) is 24.0 Å². The van der Waals surface area contributed by atoms with Crippen molar-refractivity contribution in [2.75, 3.05) is 44.5 Å². The number of halogens is 1. The van der Waals surface area contributed by atoms with Crippen molar-refractivity contribution in [2.24, 2.45) is 4.99 Å². The van der Waals surface area contributed by atoms with E-state index in [1.807, 2.05) is 43.3 Å². The second-order valence-electron chi connectivity index (χ2n) is 5.57. The summed E-state index contributed by atoms with van der Waals surface area (Å²) in [5.41, 5.74) is 2.03. The highest BCUT2D eigenvalue weighted by atomic mass is 127. The van der Waals surface area contributed by atoms with Crippen molar-refractivity contribution in [3.05, 3.63) is 48.5 Å². The Morgan fingerprint density at radius 1 is 1.00 bits per heavy atom. The molecular formula is C20H29IN4O2. The Morgan fingerprint density at radius 2 is 1.78 bits per heavy atom. The predicted octanol–water partition coefficient (Wildman–Crippen LogP) is 4.20. The zero-order valence-corrected chi connectivity index (χ0v) is 18.4. The van der Waals surface area contributed by atoms with Crippen molar-refractivity contribution in [1.82, 2.24) is 5.32 Å². The fourth-order valence-electron chi connectivity index (χ4n) is 2.42. The van der Waals surface area contributed by atoms with Gasteiger partial charge in [-0.1, -0.05) is 18.2 Å². The van der Waals surface area contributed by atoms with Gasteiger partial charge in [-0.05, 0) is 37.6 Å². The molecule has 3 N–H and O–H groups in total. The first-order valence-electron chi connectivity index (χ1n) is 8.84. The largest absolute Gasteiger partial charge is 0.493 e. The van der Waals surface area contributed by atoms with Crippen molar-refractivity contribution in [3.63, 3.8) is 0 Å². The Bertz CT molecular complexity index is 696. The average molecular weight is 484 g/mol. The van der Waals surface area contributed by atoms with Crippen LogP contribution in [0.4, 0.5) is 11.4 Å². The minimum Gasteiger partial charge on any atom is -0.493 e. The van der Waals surface area contributed by atoms with Gasteiger partial charge in [0.15, 0.2) is 17.5 Å². The zero-order chi connectivity index (χ0) is 18.6. The summed E-state index contributed by atoms with van der Waals surface area (Å²) >= 11 is 0. The van der Waals surface area contributed by atoms with Crippen LogP contribution < -0.4 is 25.4 Å². The molecule has 2 rings (SSSR count). The first-order valence-corrected chi connectivity index (χ1v) is 8.84. The summed E-state index contributed by atoms with van der Waals surface area (Å²) in [5.74, 6) is 2.14. The number of hydrogen-bond acceptors (Lipinski definition) is 4. The number of rotatable bonds is 9. The third-order valence-electron chi connectivity index (χ3n) is 3.70. The topological polar surface area (TPSA) is 66.9 Å². The van der Waals surface area contributed by atoms with Crippen LogP contribution in [-0.2, 0) is 0 Å². The molecule has 27 heavy (non-hydrogen) atoms. The molecule has 0 saturated heterocycles. The number of hydrogen-bond donors (Lipinski definition) is 3. The first-order chi connectivity index (χ1) is 12.8. The zero-order valence-electron chi connectivity index (χ0n) is 16.1. The van der Waals surface area contributed by atoms with Gasteiger partial charge in [-0.3, -0.25) is 4.99 Å². The van der Waals surface area contributed by atoms with Gasteiger partial charge < -0.3 is 25.4 Å². The Kier molecular flexibility index (Phi) is 11.1. The minimum atomic E-state index is 0. The fourth-order valence-corrected chi connectivity index (χ4v) is 2.42. The predicted molar refractivity (Wildman–Crippen MR) is 124 cm³/mol. The fraction of sp³-hybridized carbons (Fsp3) is 0.350. The second-order valence-corrected chi connectivity index (χ2v) is 5.57. The summed E-state index contributed by atoms with van der Waals surface area (Å²) in [6.07, 6.45) is 0.974. The van der Waals surface area contributed by atoms with Crippen LogP contribution in [0.1, 0.15) is 13.3 Å². The number of anilines is 2. The molecule has 0 amide bonds. The number of para-hydroxylation sites is 1. The smallest absolute Gasteiger partial charge is 0.195 e. The van der Waals surface area contributed by atoms with Crippen molar-refractivity contribution in [2.45, 2.75) is 13.3 Å². The maximum absolute atomic E-state index is 5.54. The van der Waals surface area contributed by atoms with Gasteiger partial charge in [0.05, 0.1) is 13.7 Å². The number of nitrogens with one attached hydrogen (secondary N) is 3. The molecular weight excluding hydrogens is 455 g/mol. The maximum Gasteiger partial charge on any atom is 0.195 e. The van der Waals surface area contributed by atoms with Gasteiger partial charge in [0.1, 0.15) is 0 Å². The molecule has 0 bridgehead atoms. The lowest BCUT2D eigenvalue weighted by atomic mass is 10.2. The lowest BCUT2D eigenvalue weighted by Gasteiger charge is -2.14. The van der Waals surface area contributed by atoms with E-state index in [0.29, 0.717) is 12.4 Å². The summed E-state index contributed by atoms with van der Waals surface area (Å²) in [4.78, 5) is 4.26. The van der Waals surface area contributed by atoms with Crippen molar-refractivity contribution >= 4 is 41.3 Å². The summed E-state index contributed by atoms with van der Waals surface area (Å²) in [7, 11) is 3.39. The second kappa shape index (κ2) is 13.1. The molecule has 0 saturated carbocycles. The van der Waals surface area contributed by atoms with Crippen LogP contribution in [0.5, 0.6) is 11.5 Å². The Hall–Kier alpha value is -2.16. The van der Waals surface area contributed by atoms with Crippen molar-refractivity contribution in [3.8, 4) is 11.5 Å². The molecule has 0 heterocycles. The molecule has 7 heteroatoms.